The van der Waals surface area contributed by atoms with Gasteiger partial charge in [0.05, 0.1) is 30.1 Å². The van der Waals surface area contributed by atoms with Crippen LogP contribution < -0.4 is 5.32 Å². The summed E-state index contributed by atoms with van der Waals surface area (Å²) in [6, 6.07) is 12.7. The van der Waals surface area contributed by atoms with E-state index in [-0.39, 0.29) is 25.3 Å². The molecule has 208 valence electrons. The van der Waals surface area contributed by atoms with Crippen molar-refractivity contribution in [3.8, 4) is 17.3 Å². The highest BCUT2D eigenvalue weighted by molar-refractivity contribution is 7.89. The third kappa shape index (κ3) is 4.85. The maximum Gasteiger partial charge on any atom is 0.229 e. The average molecular weight is 560 g/mol. The number of aromatic amines is 1. The number of fused-ring (bicyclic) bond motifs is 1. The first-order chi connectivity index (χ1) is 19.3. The lowest BCUT2D eigenvalue weighted by molar-refractivity contribution is 0.0719. The van der Waals surface area contributed by atoms with Gasteiger partial charge in [-0.1, -0.05) is 12.1 Å². The Balaban J connectivity index is 1.25. The Morgan fingerprint density at radius 3 is 2.60 bits per heavy atom. The van der Waals surface area contributed by atoms with Crippen LogP contribution >= 0.6 is 0 Å². The average Bonchev–Trinajstić information content (AvgIpc) is 3.61. The van der Waals surface area contributed by atoms with Crippen LogP contribution in [-0.4, -0.2) is 81.3 Å². The second kappa shape index (κ2) is 10.3. The standard InChI is InChI=1S/C28H33N9O2S/c1-3-40(38,39)36-18-28(19-36,11-12-29)37-17-22(16-31-37)25-24-8-13-30-26(24)34-27(33-25)32-23-6-4-20(5-7-23)21-9-14-35(2)15-10-21/h4-8,13,16-17,21H,3,9-11,14-15,18-19H2,1-2H3,(H2,30,32,33,34). The van der Waals surface area contributed by atoms with E-state index in [2.05, 4.69) is 62.7 Å². The summed E-state index contributed by atoms with van der Waals surface area (Å²) in [5, 5.41) is 18.3. The van der Waals surface area contributed by atoms with E-state index >= 15 is 0 Å². The fourth-order valence-electron chi connectivity index (χ4n) is 5.71. The molecular formula is C28H33N9O2S. The SMILES string of the molecule is CCS(=O)(=O)N1CC(CC#N)(n2cc(-c3nc(Nc4ccc(C5CCN(C)CC5)cc4)nc4[nH]ccc34)cn2)C1. The Labute approximate surface area is 233 Å². The Morgan fingerprint density at radius 2 is 1.90 bits per heavy atom. The second-order valence-corrected chi connectivity index (χ2v) is 13.1. The fourth-order valence-corrected chi connectivity index (χ4v) is 6.94. The largest absolute Gasteiger partial charge is 0.346 e. The molecule has 0 aliphatic carbocycles. The Kier molecular flexibility index (Phi) is 6.82. The van der Waals surface area contributed by atoms with Crippen molar-refractivity contribution in [3.63, 3.8) is 0 Å². The Hall–Kier alpha value is -3.79. The van der Waals surface area contributed by atoms with Gasteiger partial charge in [-0.15, -0.1) is 0 Å². The molecule has 2 fully saturated rings. The van der Waals surface area contributed by atoms with Crippen LogP contribution in [0.2, 0.25) is 0 Å². The van der Waals surface area contributed by atoms with E-state index in [0.29, 0.717) is 23.2 Å². The summed E-state index contributed by atoms with van der Waals surface area (Å²) in [5.74, 6) is 1.08. The van der Waals surface area contributed by atoms with Crippen LogP contribution in [0.25, 0.3) is 22.3 Å². The van der Waals surface area contributed by atoms with E-state index in [1.165, 1.54) is 22.7 Å². The lowest BCUT2D eigenvalue weighted by atomic mass is 9.89. The molecule has 2 aliphatic heterocycles. The topological polar surface area (TPSA) is 136 Å². The first-order valence-electron chi connectivity index (χ1n) is 13.6. The van der Waals surface area contributed by atoms with Crippen molar-refractivity contribution < 1.29 is 8.42 Å². The zero-order valence-corrected chi connectivity index (χ0v) is 23.5. The zero-order valence-electron chi connectivity index (χ0n) is 22.7. The molecule has 2 N–H and O–H groups in total. The molecule has 0 radical (unpaired) electrons. The minimum Gasteiger partial charge on any atom is -0.346 e. The first kappa shape index (κ1) is 26.4. The molecule has 0 spiro atoms. The van der Waals surface area contributed by atoms with E-state index in [1.54, 1.807) is 17.8 Å². The highest BCUT2D eigenvalue weighted by Gasteiger charge is 2.49. The molecule has 0 saturated carbocycles. The number of rotatable bonds is 8. The molecule has 5 heterocycles. The molecule has 1 aromatic carbocycles. The van der Waals surface area contributed by atoms with E-state index in [4.69, 9.17) is 4.98 Å². The Bertz CT molecular complexity index is 1660. The van der Waals surface area contributed by atoms with E-state index in [9.17, 15) is 13.7 Å². The molecule has 12 heteroatoms. The van der Waals surface area contributed by atoms with E-state index < -0.39 is 15.6 Å². The maximum atomic E-state index is 12.3. The van der Waals surface area contributed by atoms with Gasteiger partial charge in [-0.05, 0) is 69.6 Å². The van der Waals surface area contributed by atoms with Crippen LogP contribution in [0.1, 0.15) is 37.7 Å². The number of H-pyrrole nitrogens is 1. The summed E-state index contributed by atoms with van der Waals surface area (Å²) >= 11 is 0. The van der Waals surface area contributed by atoms with Crippen molar-refractivity contribution >= 4 is 32.7 Å². The molecule has 6 rings (SSSR count). The summed E-state index contributed by atoms with van der Waals surface area (Å²) in [7, 11) is -1.15. The van der Waals surface area contributed by atoms with Gasteiger partial charge in [0.1, 0.15) is 11.2 Å². The van der Waals surface area contributed by atoms with Crippen LogP contribution in [0, 0.1) is 11.3 Å². The molecule has 2 saturated heterocycles. The third-order valence-corrected chi connectivity index (χ3v) is 10.00. The molecule has 2 aliphatic rings. The summed E-state index contributed by atoms with van der Waals surface area (Å²) in [4.78, 5) is 15.1. The number of nitrogens with one attached hydrogen (secondary N) is 2. The quantitative estimate of drug-likeness (QED) is 0.334. The lowest BCUT2D eigenvalue weighted by Gasteiger charge is -2.47. The number of sulfonamides is 1. The highest BCUT2D eigenvalue weighted by Crippen LogP contribution is 2.36. The van der Waals surface area contributed by atoms with Gasteiger partial charge in [0.2, 0.25) is 16.0 Å². The van der Waals surface area contributed by atoms with Crippen molar-refractivity contribution in [2.75, 3.05) is 44.3 Å². The molecular weight excluding hydrogens is 526 g/mol. The normalized spacial score (nSPS) is 18.4. The molecule has 0 bridgehead atoms. The summed E-state index contributed by atoms with van der Waals surface area (Å²) in [6.07, 6.45) is 7.90. The van der Waals surface area contributed by atoms with E-state index in [0.717, 1.165) is 29.7 Å². The Morgan fingerprint density at radius 1 is 1.15 bits per heavy atom. The number of aromatic nitrogens is 5. The van der Waals surface area contributed by atoms with E-state index in [1.807, 2.05) is 18.5 Å². The zero-order chi connectivity index (χ0) is 27.9. The predicted molar refractivity (Wildman–Crippen MR) is 154 cm³/mol. The number of piperidine rings is 1. The number of anilines is 2. The van der Waals surface area contributed by atoms with Gasteiger partial charge in [-0.2, -0.15) is 19.6 Å². The summed E-state index contributed by atoms with van der Waals surface area (Å²) in [5.41, 5.74) is 3.73. The van der Waals surface area contributed by atoms with Crippen LogP contribution in [-0.2, 0) is 15.6 Å². The summed E-state index contributed by atoms with van der Waals surface area (Å²) < 4.78 is 27.8. The smallest absolute Gasteiger partial charge is 0.229 e. The number of nitrogens with zero attached hydrogens (tertiary/aromatic N) is 7. The van der Waals surface area contributed by atoms with Gasteiger partial charge >= 0.3 is 0 Å². The van der Waals surface area contributed by atoms with Crippen LogP contribution in [0.3, 0.4) is 0 Å². The van der Waals surface area contributed by atoms with Crippen molar-refractivity contribution in [2.24, 2.45) is 0 Å². The van der Waals surface area contributed by atoms with Gasteiger partial charge in [0.25, 0.3) is 0 Å². The van der Waals surface area contributed by atoms with Crippen molar-refractivity contribution in [2.45, 2.75) is 37.6 Å². The maximum absolute atomic E-state index is 12.3. The molecule has 0 atom stereocenters. The van der Waals surface area contributed by atoms with Crippen LogP contribution in [0.4, 0.5) is 11.6 Å². The highest BCUT2D eigenvalue weighted by atomic mass is 32.2. The molecule has 0 amide bonds. The number of hydrogen-bond donors (Lipinski definition) is 2. The second-order valence-electron chi connectivity index (χ2n) is 10.9. The molecule has 4 aromatic rings. The number of nitriles is 1. The lowest BCUT2D eigenvalue weighted by Crippen LogP contribution is -2.64. The van der Waals surface area contributed by atoms with Crippen molar-refractivity contribution in [1.82, 2.24) is 33.9 Å². The number of hydrogen-bond acceptors (Lipinski definition) is 8. The van der Waals surface area contributed by atoms with Gasteiger partial charge in [0, 0.05) is 42.1 Å². The van der Waals surface area contributed by atoms with Gasteiger partial charge in [-0.25, -0.2) is 13.4 Å². The van der Waals surface area contributed by atoms with Gasteiger partial charge in [0.15, 0.2) is 0 Å². The predicted octanol–water partition coefficient (Wildman–Crippen LogP) is 3.65. The molecule has 40 heavy (non-hydrogen) atoms. The van der Waals surface area contributed by atoms with Crippen LogP contribution in [0.15, 0.2) is 48.9 Å². The monoisotopic (exact) mass is 559 g/mol. The third-order valence-electron chi connectivity index (χ3n) is 8.22. The van der Waals surface area contributed by atoms with Gasteiger partial charge in [-0.3, -0.25) is 4.68 Å². The minimum atomic E-state index is -3.32. The molecule has 3 aromatic heterocycles. The summed E-state index contributed by atoms with van der Waals surface area (Å²) in [6.45, 7) is 4.32. The molecule has 11 nitrogen and oxygen atoms in total. The van der Waals surface area contributed by atoms with Crippen molar-refractivity contribution in [3.05, 3.63) is 54.5 Å². The number of benzene rings is 1. The first-order valence-corrected chi connectivity index (χ1v) is 15.2. The van der Waals surface area contributed by atoms with Gasteiger partial charge < -0.3 is 15.2 Å². The van der Waals surface area contributed by atoms with Crippen LogP contribution in [0.5, 0.6) is 0 Å². The van der Waals surface area contributed by atoms with Crippen molar-refractivity contribution in [1.29, 1.82) is 5.26 Å². The minimum absolute atomic E-state index is 0.0308. The molecule has 0 unspecified atom stereocenters. The number of likely N-dealkylation sites (tertiary alicyclic amines) is 1. The fraction of sp³-hybridized carbons (Fsp3) is 0.429.